The van der Waals surface area contributed by atoms with E-state index in [2.05, 4.69) is 20.3 Å². The van der Waals surface area contributed by atoms with Gasteiger partial charge in [0.05, 0.1) is 21.6 Å². The summed E-state index contributed by atoms with van der Waals surface area (Å²) in [5.74, 6) is -0.546. The maximum absolute atomic E-state index is 13.3. The Labute approximate surface area is 158 Å². The zero-order chi connectivity index (χ0) is 19.0. The lowest BCUT2D eigenvalue weighted by atomic mass is 10.2. The molecule has 0 aliphatic carbocycles. The number of rotatable bonds is 3. The lowest BCUT2D eigenvalue weighted by Crippen LogP contribution is -2.15. The molecule has 0 spiro atoms. The summed E-state index contributed by atoms with van der Waals surface area (Å²) in [4.78, 5) is 17.0. The lowest BCUT2D eigenvalue weighted by molar-refractivity contribution is 0.0942. The van der Waals surface area contributed by atoms with Crippen molar-refractivity contribution in [1.29, 1.82) is 0 Å². The average molecular weight is 379 g/mol. The second-order valence-electron chi connectivity index (χ2n) is 5.91. The van der Waals surface area contributed by atoms with Gasteiger partial charge in [0.25, 0.3) is 5.91 Å². The maximum atomic E-state index is 13.3. The van der Waals surface area contributed by atoms with Crippen LogP contribution in [0.4, 0.5) is 15.2 Å². The number of carbonyl (C=O) groups is 1. The molecule has 0 bridgehead atoms. The molecule has 0 unspecified atom stereocenters. The Morgan fingerprint density at radius 3 is 2.67 bits per heavy atom. The summed E-state index contributed by atoms with van der Waals surface area (Å²) < 4.78 is 15.3. The molecule has 0 radical (unpaired) electrons. The largest absolute Gasteiger partial charge is 0.278 e. The molecule has 0 saturated heterocycles. The van der Waals surface area contributed by atoms with E-state index in [-0.39, 0.29) is 11.7 Å². The molecule has 0 N–H and O–H groups in total. The van der Waals surface area contributed by atoms with Crippen molar-refractivity contribution in [2.75, 3.05) is 0 Å². The van der Waals surface area contributed by atoms with Crippen molar-refractivity contribution in [3.05, 3.63) is 71.3 Å². The molecule has 0 aliphatic heterocycles. The van der Waals surface area contributed by atoms with Crippen molar-refractivity contribution in [1.82, 2.24) is 14.8 Å². The van der Waals surface area contributed by atoms with Crippen LogP contribution >= 0.6 is 11.3 Å². The summed E-state index contributed by atoms with van der Waals surface area (Å²) in [5, 5.41) is 13.1. The van der Waals surface area contributed by atoms with Crippen molar-refractivity contribution in [3.63, 3.8) is 0 Å². The van der Waals surface area contributed by atoms with Crippen LogP contribution in [-0.4, -0.2) is 20.7 Å². The molecule has 27 heavy (non-hydrogen) atoms. The van der Waals surface area contributed by atoms with Gasteiger partial charge in [-0.05, 0) is 44.2 Å². The third kappa shape index (κ3) is 3.26. The molecule has 0 atom stereocenters. The van der Waals surface area contributed by atoms with Crippen LogP contribution in [0.25, 0.3) is 10.2 Å². The van der Waals surface area contributed by atoms with E-state index >= 15 is 0 Å². The Balaban J connectivity index is 1.66. The molecule has 2 aromatic carbocycles. The summed E-state index contributed by atoms with van der Waals surface area (Å²) in [5.41, 5.74) is 2.91. The van der Waals surface area contributed by atoms with Crippen LogP contribution in [0.2, 0.25) is 0 Å². The van der Waals surface area contributed by atoms with Gasteiger partial charge in [-0.15, -0.1) is 10.2 Å². The highest BCUT2D eigenvalue weighted by molar-refractivity contribution is 7.21. The Hall–Kier alpha value is -3.26. The van der Waals surface area contributed by atoms with E-state index in [9.17, 15) is 9.18 Å². The monoisotopic (exact) mass is 379 g/mol. The van der Waals surface area contributed by atoms with Gasteiger partial charge in [-0.1, -0.05) is 29.5 Å². The van der Waals surface area contributed by atoms with Gasteiger partial charge in [-0.2, -0.15) is 9.78 Å². The summed E-state index contributed by atoms with van der Waals surface area (Å²) in [6.45, 7) is 3.53. The van der Waals surface area contributed by atoms with Crippen LogP contribution in [0.1, 0.15) is 21.7 Å². The van der Waals surface area contributed by atoms with Gasteiger partial charge in [0, 0.05) is 5.56 Å². The van der Waals surface area contributed by atoms with Crippen LogP contribution in [0.5, 0.6) is 0 Å². The fraction of sp³-hybridized carbons (Fsp3) is 0.105. The smallest absolute Gasteiger partial charge is 0.267 e. The second-order valence-corrected chi connectivity index (χ2v) is 6.92. The number of nitrogens with zero attached hydrogens (tertiary/aromatic N) is 5. The van der Waals surface area contributed by atoms with E-state index in [1.165, 1.54) is 28.2 Å². The highest BCUT2D eigenvalue weighted by atomic mass is 32.1. The molecule has 134 valence electrons. The molecular weight excluding hydrogens is 365 g/mol. The quantitative estimate of drug-likeness (QED) is 0.450. The third-order valence-electron chi connectivity index (χ3n) is 4.04. The Morgan fingerprint density at radius 2 is 1.89 bits per heavy atom. The first-order valence-corrected chi connectivity index (χ1v) is 8.98. The summed E-state index contributed by atoms with van der Waals surface area (Å²) in [6.07, 6.45) is 0. The van der Waals surface area contributed by atoms with Crippen molar-refractivity contribution in [2.24, 2.45) is 10.2 Å². The number of fused-ring (bicyclic) bond motifs is 1. The van der Waals surface area contributed by atoms with Gasteiger partial charge in [0.2, 0.25) is 5.13 Å². The molecule has 2 heterocycles. The van der Waals surface area contributed by atoms with Crippen LogP contribution in [0.3, 0.4) is 0 Å². The van der Waals surface area contributed by atoms with Gasteiger partial charge < -0.3 is 0 Å². The van der Waals surface area contributed by atoms with Crippen LogP contribution < -0.4 is 0 Å². The highest BCUT2D eigenvalue weighted by Gasteiger charge is 2.18. The minimum absolute atomic E-state index is 0.229. The zero-order valence-electron chi connectivity index (χ0n) is 14.5. The predicted octanol–water partition coefficient (Wildman–Crippen LogP) is 5.35. The number of carbonyl (C=O) groups excluding carboxylic acids is 1. The predicted molar refractivity (Wildman–Crippen MR) is 102 cm³/mol. The molecule has 8 heteroatoms. The van der Waals surface area contributed by atoms with Gasteiger partial charge in [-0.25, -0.2) is 9.37 Å². The SMILES string of the molecule is Cc1nn(C(=O)c2ccccc2)c(C)c1N=Nc1nc2ccc(F)cc2s1. The minimum atomic E-state index is -0.318. The highest BCUT2D eigenvalue weighted by Crippen LogP contribution is 2.31. The third-order valence-corrected chi connectivity index (χ3v) is 4.94. The molecule has 6 nitrogen and oxygen atoms in total. The van der Waals surface area contributed by atoms with Crippen molar-refractivity contribution in [2.45, 2.75) is 13.8 Å². The fourth-order valence-corrected chi connectivity index (χ4v) is 3.51. The normalized spacial score (nSPS) is 11.5. The Kier molecular flexibility index (Phi) is 4.33. The summed E-state index contributed by atoms with van der Waals surface area (Å²) in [7, 11) is 0. The van der Waals surface area contributed by atoms with Crippen molar-refractivity contribution >= 4 is 38.3 Å². The van der Waals surface area contributed by atoms with E-state index < -0.39 is 0 Å². The van der Waals surface area contributed by atoms with E-state index in [0.717, 1.165) is 0 Å². The molecular formula is C19H14FN5OS. The van der Waals surface area contributed by atoms with Crippen LogP contribution in [0.15, 0.2) is 58.8 Å². The molecule has 0 saturated carbocycles. The van der Waals surface area contributed by atoms with Crippen molar-refractivity contribution < 1.29 is 9.18 Å². The van der Waals surface area contributed by atoms with Gasteiger partial charge in [0.15, 0.2) is 0 Å². The van der Waals surface area contributed by atoms with E-state index in [4.69, 9.17) is 0 Å². The molecule has 0 fully saturated rings. The number of azo groups is 1. The van der Waals surface area contributed by atoms with Gasteiger partial charge in [0.1, 0.15) is 11.5 Å². The van der Waals surface area contributed by atoms with E-state index in [1.807, 2.05) is 6.07 Å². The number of halogens is 1. The summed E-state index contributed by atoms with van der Waals surface area (Å²) >= 11 is 1.25. The average Bonchev–Trinajstić information content (AvgIpc) is 3.20. The molecule has 0 aliphatic rings. The first kappa shape index (κ1) is 17.2. The van der Waals surface area contributed by atoms with Crippen LogP contribution in [0, 0.1) is 19.7 Å². The second kappa shape index (κ2) is 6.81. The topological polar surface area (TPSA) is 72.5 Å². The van der Waals surface area contributed by atoms with Gasteiger partial charge in [-0.3, -0.25) is 4.79 Å². The number of hydrogen-bond donors (Lipinski definition) is 0. The minimum Gasteiger partial charge on any atom is -0.267 e. The molecule has 4 aromatic rings. The Morgan fingerprint density at radius 1 is 1.11 bits per heavy atom. The number of aryl methyl sites for hydroxylation is 1. The standard InChI is InChI=1S/C19H14FN5OS/c1-11-17(12(2)25(24-11)18(26)13-6-4-3-5-7-13)22-23-19-21-15-9-8-14(20)10-16(15)27-19/h3-10H,1-2H3. The number of benzene rings is 2. The first-order chi connectivity index (χ1) is 13.0. The first-order valence-electron chi connectivity index (χ1n) is 8.17. The fourth-order valence-electron chi connectivity index (χ4n) is 2.70. The maximum Gasteiger partial charge on any atom is 0.278 e. The van der Waals surface area contributed by atoms with E-state index in [0.29, 0.717) is 38.0 Å². The molecule has 4 rings (SSSR count). The summed E-state index contributed by atoms with van der Waals surface area (Å²) in [6, 6.07) is 13.3. The molecule has 0 amide bonds. The number of aromatic nitrogens is 3. The number of hydrogen-bond acceptors (Lipinski definition) is 6. The number of thiazole rings is 1. The Bertz CT molecular complexity index is 1180. The zero-order valence-corrected chi connectivity index (χ0v) is 15.4. The lowest BCUT2D eigenvalue weighted by Gasteiger charge is -2.02. The van der Waals surface area contributed by atoms with E-state index in [1.54, 1.807) is 44.2 Å². The molecule has 2 aromatic heterocycles. The van der Waals surface area contributed by atoms with Gasteiger partial charge >= 0.3 is 0 Å². The van der Waals surface area contributed by atoms with Crippen molar-refractivity contribution in [3.8, 4) is 0 Å². The van der Waals surface area contributed by atoms with Crippen LogP contribution in [-0.2, 0) is 0 Å².